The van der Waals surface area contributed by atoms with Crippen molar-refractivity contribution in [2.24, 2.45) is 11.5 Å². The van der Waals surface area contributed by atoms with Crippen LogP contribution in [-0.4, -0.2) is 27.0 Å². The maximum atomic E-state index is 11.6. The van der Waals surface area contributed by atoms with Gasteiger partial charge in [0.25, 0.3) is 0 Å². The van der Waals surface area contributed by atoms with Crippen LogP contribution >= 0.6 is 0 Å². The van der Waals surface area contributed by atoms with Gasteiger partial charge in [-0.15, -0.1) is 0 Å². The molecule has 1 unspecified atom stereocenters. The minimum Gasteiger partial charge on any atom is -0.456 e. The van der Waals surface area contributed by atoms with E-state index in [1.54, 1.807) is 6.92 Å². The normalized spacial score (nSPS) is 18.4. The molecule has 0 saturated carbocycles. The number of hydrogen-bond acceptors (Lipinski definition) is 7. The predicted octanol–water partition coefficient (Wildman–Crippen LogP) is -0.427. The third kappa shape index (κ3) is 1.87. The number of hydrogen-bond donors (Lipinski definition) is 2. The highest BCUT2D eigenvalue weighted by Gasteiger charge is 2.30. The third-order valence-corrected chi connectivity index (χ3v) is 2.21. The standard InChI is InChI=1S/C10H11N5O2/c1-4(2)6(16)10-14-3-13-9(15-10)5-7(11)17-8(5)12/h3,7H,1,11-12H2,2H3. The summed E-state index contributed by atoms with van der Waals surface area (Å²) >= 11 is 0. The summed E-state index contributed by atoms with van der Waals surface area (Å²) in [5.74, 6) is 0.0850. The minimum absolute atomic E-state index is 0.0156. The Balaban J connectivity index is 2.39. The number of nitrogens with zero attached hydrogens (tertiary/aromatic N) is 3. The fourth-order valence-corrected chi connectivity index (χ4v) is 1.31. The SMILES string of the molecule is C=C(C)C(=O)c1ncnc(C2=C(N)OC2N)n1. The van der Waals surface area contributed by atoms with Gasteiger partial charge in [-0.05, 0) is 12.5 Å². The van der Waals surface area contributed by atoms with E-state index in [0.717, 1.165) is 0 Å². The summed E-state index contributed by atoms with van der Waals surface area (Å²) in [5.41, 5.74) is 11.9. The van der Waals surface area contributed by atoms with Crippen LogP contribution in [0.2, 0.25) is 0 Å². The van der Waals surface area contributed by atoms with Crippen molar-refractivity contribution in [3.8, 4) is 0 Å². The molecule has 0 spiro atoms. The predicted molar refractivity (Wildman–Crippen MR) is 59.1 cm³/mol. The average molecular weight is 233 g/mol. The molecule has 0 saturated heterocycles. The van der Waals surface area contributed by atoms with E-state index < -0.39 is 6.23 Å². The van der Waals surface area contributed by atoms with Gasteiger partial charge in [0, 0.05) is 0 Å². The molecule has 1 aromatic rings. The number of aromatic nitrogens is 3. The Hall–Kier alpha value is -2.28. The Bertz CT molecular complexity index is 537. The zero-order chi connectivity index (χ0) is 12.6. The van der Waals surface area contributed by atoms with Crippen LogP contribution in [0.5, 0.6) is 0 Å². The molecule has 0 aliphatic carbocycles. The third-order valence-electron chi connectivity index (χ3n) is 2.21. The number of nitrogens with two attached hydrogens (primary N) is 2. The van der Waals surface area contributed by atoms with E-state index in [2.05, 4.69) is 21.5 Å². The van der Waals surface area contributed by atoms with Gasteiger partial charge in [0.15, 0.2) is 17.9 Å². The number of allylic oxidation sites excluding steroid dienone is 1. The van der Waals surface area contributed by atoms with Crippen molar-refractivity contribution in [2.45, 2.75) is 13.2 Å². The molecule has 0 fully saturated rings. The van der Waals surface area contributed by atoms with Crippen molar-refractivity contribution in [1.29, 1.82) is 0 Å². The number of Topliss-reactive ketones (excluding diaryl/α,β-unsaturated/α-hetero) is 1. The Morgan fingerprint density at radius 2 is 2.24 bits per heavy atom. The molecule has 4 N–H and O–H groups in total. The number of carbonyl (C=O) groups excluding carboxylic acids is 1. The van der Waals surface area contributed by atoms with Gasteiger partial charge in [0.2, 0.25) is 11.6 Å². The monoisotopic (exact) mass is 233 g/mol. The minimum atomic E-state index is -0.662. The molecule has 1 aromatic heterocycles. The Kier molecular flexibility index (Phi) is 2.60. The van der Waals surface area contributed by atoms with Crippen LogP contribution in [0, 0.1) is 0 Å². The van der Waals surface area contributed by atoms with Crippen LogP contribution in [0.15, 0.2) is 24.4 Å². The lowest BCUT2D eigenvalue weighted by atomic mass is 10.1. The molecule has 0 bridgehead atoms. The van der Waals surface area contributed by atoms with Crippen molar-refractivity contribution in [3.05, 3.63) is 36.0 Å². The van der Waals surface area contributed by atoms with Gasteiger partial charge < -0.3 is 10.5 Å². The molecule has 2 heterocycles. The summed E-state index contributed by atoms with van der Waals surface area (Å²) in [6, 6.07) is 0. The molecular weight excluding hydrogens is 222 g/mol. The molecule has 17 heavy (non-hydrogen) atoms. The molecule has 0 amide bonds. The molecular formula is C10H11N5O2. The first kappa shape index (κ1) is 11.2. The van der Waals surface area contributed by atoms with Crippen LogP contribution in [0.1, 0.15) is 23.4 Å². The van der Waals surface area contributed by atoms with Gasteiger partial charge in [-0.1, -0.05) is 6.58 Å². The van der Waals surface area contributed by atoms with Gasteiger partial charge >= 0.3 is 0 Å². The van der Waals surface area contributed by atoms with E-state index in [1.165, 1.54) is 6.33 Å². The average Bonchev–Trinajstić information content (AvgIpc) is 2.28. The highest BCUT2D eigenvalue weighted by atomic mass is 16.5. The highest BCUT2D eigenvalue weighted by Crippen LogP contribution is 2.26. The molecule has 0 aromatic carbocycles. The Morgan fingerprint density at radius 1 is 1.53 bits per heavy atom. The molecule has 1 atom stereocenters. The zero-order valence-corrected chi connectivity index (χ0v) is 9.17. The van der Waals surface area contributed by atoms with Crippen LogP contribution in [0.4, 0.5) is 0 Å². The molecule has 1 aliphatic rings. The lowest BCUT2D eigenvalue weighted by molar-refractivity contribution is 0.102. The van der Waals surface area contributed by atoms with Crippen LogP contribution in [-0.2, 0) is 4.74 Å². The smallest absolute Gasteiger partial charge is 0.225 e. The summed E-state index contributed by atoms with van der Waals surface area (Å²) < 4.78 is 4.89. The first-order valence-corrected chi connectivity index (χ1v) is 4.82. The van der Waals surface area contributed by atoms with E-state index in [0.29, 0.717) is 11.1 Å². The van der Waals surface area contributed by atoms with Crippen molar-refractivity contribution in [3.63, 3.8) is 0 Å². The van der Waals surface area contributed by atoms with Gasteiger partial charge in [-0.2, -0.15) is 0 Å². The van der Waals surface area contributed by atoms with Gasteiger partial charge in [-0.25, -0.2) is 15.0 Å². The maximum Gasteiger partial charge on any atom is 0.225 e. The van der Waals surface area contributed by atoms with Gasteiger partial charge in [0.05, 0.1) is 0 Å². The number of carbonyl (C=O) groups is 1. The molecule has 88 valence electrons. The quantitative estimate of drug-likeness (QED) is 0.537. The first-order valence-electron chi connectivity index (χ1n) is 4.82. The van der Waals surface area contributed by atoms with E-state index >= 15 is 0 Å². The van der Waals surface area contributed by atoms with E-state index in [-0.39, 0.29) is 23.3 Å². The van der Waals surface area contributed by atoms with Crippen molar-refractivity contribution in [2.75, 3.05) is 0 Å². The van der Waals surface area contributed by atoms with Crippen LogP contribution < -0.4 is 11.5 Å². The molecule has 2 rings (SSSR count). The number of ketones is 1. The fraction of sp³-hybridized carbons (Fsp3) is 0.200. The lowest BCUT2D eigenvalue weighted by Crippen LogP contribution is -2.38. The fourth-order valence-electron chi connectivity index (χ4n) is 1.31. The summed E-state index contributed by atoms with van der Waals surface area (Å²) in [5, 5.41) is 0. The molecule has 7 nitrogen and oxygen atoms in total. The highest BCUT2D eigenvalue weighted by molar-refractivity contribution is 6.05. The first-order chi connectivity index (χ1) is 8.00. The van der Waals surface area contributed by atoms with Crippen LogP contribution in [0.25, 0.3) is 5.57 Å². The largest absolute Gasteiger partial charge is 0.456 e. The van der Waals surface area contributed by atoms with Crippen molar-refractivity contribution >= 4 is 11.4 Å². The van der Waals surface area contributed by atoms with E-state index in [4.69, 9.17) is 16.2 Å². The Morgan fingerprint density at radius 3 is 2.76 bits per heavy atom. The van der Waals surface area contributed by atoms with Gasteiger partial charge in [-0.3, -0.25) is 10.5 Å². The summed E-state index contributed by atoms with van der Waals surface area (Å²) in [7, 11) is 0. The van der Waals surface area contributed by atoms with Gasteiger partial charge in [0.1, 0.15) is 11.9 Å². The van der Waals surface area contributed by atoms with Crippen molar-refractivity contribution in [1.82, 2.24) is 15.0 Å². The van der Waals surface area contributed by atoms with E-state index in [9.17, 15) is 4.79 Å². The summed E-state index contributed by atoms with van der Waals surface area (Å²) in [6.45, 7) is 5.11. The topological polar surface area (TPSA) is 117 Å². The zero-order valence-electron chi connectivity index (χ0n) is 9.17. The lowest BCUT2D eigenvalue weighted by Gasteiger charge is -2.27. The van der Waals surface area contributed by atoms with Crippen molar-refractivity contribution < 1.29 is 9.53 Å². The number of rotatable bonds is 3. The van der Waals surface area contributed by atoms with Crippen LogP contribution in [0.3, 0.4) is 0 Å². The number of ether oxygens (including phenoxy) is 1. The Labute approximate surface area is 97.2 Å². The molecule has 7 heteroatoms. The van der Waals surface area contributed by atoms with E-state index in [1.807, 2.05) is 0 Å². The summed E-state index contributed by atoms with van der Waals surface area (Å²) in [6.07, 6.45) is 0.564. The molecule has 1 aliphatic heterocycles. The summed E-state index contributed by atoms with van der Waals surface area (Å²) in [4.78, 5) is 23.3. The molecule has 0 radical (unpaired) electrons. The second-order valence-electron chi connectivity index (χ2n) is 3.56. The second kappa shape index (κ2) is 3.95. The maximum absolute atomic E-state index is 11.6. The second-order valence-corrected chi connectivity index (χ2v) is 3.56.